The quantitative estimate of drug-likeness (QED) is 0.265. The van der Waals surface area contributed by atoms with E-state index in [9.17, 15) is 18.0 Å². The van der Waals surface area contributed by atoms with Crippen LogP contribution in [0.25, 0.3) is 0 Å². The van der Waals surface area contributed by atoms with E-state index in [1.54, 1.807) is 19.9 Å². The molecule has 2 aromatic carbocycles. The number of amides is 1. The number of sulfonamides is 1. The molecule has 0 radical (unpaired) electrons. The highest BCUT2D eigenvalue weighted by atomic mass is 32.2. The number of Topliss-reactive ketones (excluding diaryl/α,β-unsaturated/α-hetero) is 1. The molecule has 1 aliphatic heterocycles. The third kappa shape index (κ3) is 6.06. The molecule has 1 fully saturated rings. The van der Waals surface area contributed by atoms with Crippen LogP contribution >= 0.6 is 0 Å². The van der Waals surface area contributed by atoms with Gasteiger partial charge in [-0.25, -0.2) is 13.1 Å². The average molecular weight is 545 g/mol. The zero-order chi connectivity index (χ0) is 27.8. The smallest absolute Gasteiger partial charge is 0.240 e. The Kier molecular flexibility index (Phi) is 8.53. The first kappa shape index (κ1) is 29.2. The van der Waals surface area contributed by atoms with Gasteiger partial charge in [-0.05, 0) is 55.6 Å². The van der Waals surface area contributed by atoms with Crippen LogP contribution in [-0.2, 0) is 25.8 Å². The highest BCUT2D eigenvalue weighted by Gasteiger charge is 2.59. The van der Waals surface area contributed by atoms with E-state index < -0.39 is 42.5 Å². The van der Waals surface area contributed by atoms with Crippen LogP contribution in [0.5, 0.6) is 0 Å². The Morgan fingerprint density at radius 1 is 1.11 bits per heavy atom. The first-order valence-corrected chi connectivity index (χ1v) is 17.0. The van der Waals surface area contributed by atoms with Gasteiger partial charge in [-0.1, -0.05) is 64.1 Å². The standard InChI is InChI=1S/C28H40N2O5SSi/c1-18-14-15-21(36(33,34)29-17-20-12-10-9-11-13-20)16-22(18)25(31)19(2)24-23(26(32)30-24)28(6,27(3,4)5)35-37(7)8/h9-16,19,23-24,29,37H,17H2,1-8H3,(H,30,32)/t19-,23-,24-,28-/m1/s1. The monoisotopic (exact) mass is 544 g/mol. The Morgan fingerprint density at radius 2 is 1.73 bits per heavy atom. The second-order valence-electron chi connectivity index (χ2n) is 11.5. The van der Waals surface area contributed by atoms with Gasteiger partial charge < -0.3 is 9.74 Å². The Hall–Kier alpha value is -2.33. The summed E-state index contributed by atoms with van der Waals surface area (Å²) in [6.07, 6.45) is 0. The summed E-state index contributed by atoms with van der Waals surface area (Å²) in [6, 6.07) is 13.4. The molecule has 1 amide bonds. The highest BCUT2D eigenvalue weighted by Crippen LogP contribution is 2.46. The van der Waals surface area contributed by atoms with E-state index in [-0.39, 0.29) is 28.5 Å². The van der Waals surface area contributed by atoms with Crippen LogP contribution in [0.3, 0.4) is 0 Å². The molecule has 0 saturated carbocycles. The van der Waals surface area contributed by atoms with Gasteiger partial charge in [-0.15, -0.1) is 0 Å². The minimum absolute atomic E-state index is 0.0347. The first-order valence-electron chi connectivity index (χ1n) is 12.7. The van der Waals surface area contributed by atoms with Crippen molar-refractivity contribution in [1.29, 1.82) is 0 Å². The zero-order valence-electron chi connectivity index (χ0n) is 23.1. The summed E-state index contributed by atoms with van der Waals surface area (Å²) < 4.78 is 35.1. The van der Waals surface area contributed by atoms with E-state index in [0.717, 1.165) is 5.56 Å². The number of nitrogens with one attached hydrogen (secondary N) is 2. The number of ketones is 1. The molecule has 3 rings (SSSR count). The fraction of sp³-hybridized carbons (Fsp3) is 0.500. The van der Waals surface area contributed by atoms with E-state index in [2.05, 4.69) is 43.9 Å². The molecule has 7 nitrogen and oxygen atoms in total. The minimum Gasteiger partial charge on any atom is -0.414 e. The molecule has 1 saturated heterocycles. The van der Waals surface area contributed by atoms with Gasteiger partial charge in [-0.3, -0.25) is 9.59 Å². The number of hydrogen-bond acceptors (Lipinski definition) is 5. The summed E-state index contributed by atoms with van der Waals surface area (Å²) in [6.45, 7) is 16.0. The molecule has 202 valence electrons. The van der Waals surface area contributed by atoms with Crippen LogP contribution < -0.4 is 10.0 Å². The number of rotatable bonds is 10. The number of carbonyl (C=O) groups excluding carboxylic acids is 2. The zero-order valence-corrected chi connectivity index (χ0v) is 25.1. The van der Waals surface area contributed by atoms with Gasteiger partial charge in [0.25, 0.3) is 0 Å². The van der Waals surface area contributed by atoms with E-state index in [0.29, 0.717) is 11.1 Å². The lowest BCUT2D eigenvalue weighted by atomic mass is 9.62. The maximum absolute atomic E-state index is 13.7. The second-order valence-corrected chi connectivity index (χ2v) is 15.6. The molecule has 0 aromatic heterocycles. The molecule has 4 atom stereocenters. The van der Waals surface area contributed by atoms with Crippen molar-refractivity contribution in [1.82, 2.24) is 10.0 Å². The molecule has 0 unspecified atom stereocenters. The number of hydrogen-bond donors (Lipinski definition) is 2. The van der Waals surface area contributed by atoms with Gasteiger partial charge in [0.15, 0.2) is 14.8 Å². The maximum atomic E-state index is 13.7. The van der Waals surface area contributed by atoms with E-state index in [1.807, 2.05) is 37.3 Å². The molecule has 1 aliphatic rings. The molecule has 0 spiro atoms. The summed E-state index contributed by atoms with van der Waals surface area (Å²) in [7, 11) is -5.34. The molecular weight excluding hydrogens is 504 g/mol. The molecule has 9 heteroatoms. The fourth-order valence-electron chi connectivity index (χ4n) is 4.92. The second kappa shape index (κ2) is 10.8. The van der Waals surface area contributed by atoms with Gasteiger partial charge >= 0.3 is 0 Å². The Morgan fingerprint density at radius 3 is 2.27 bits per heavy atom. The van der Waals surface area contributed by atoms with Crippen molar-refractivity contribution in [3.05, 3.63) is 65.2 Å². The molecule has 2 aromatic rings. The summed E-state index contributed by atoms with van der Waals surface area (Å²) in [4.78, 5) is 26.6. The number of β-lactam (4-membered cyclic amide) rings is 1. The summed E-state index contributed by atoms with van der Waals surface area (Å²) in [5.74, 6) is -1.36. The SMILES string of the molecule is Cc1ccc(S(=O)(=O)NCc2ccccc2)cc1C(=O)[C@H](C)[C@H]1NC(=O)[C@@H]1[C@@](C)(O[SiH](C)C)C(C)(C)C. The normalized spacial score (nSPS) is 20.6. The van der Waals surface area contributed by atoms with E-state index >= 15 is 0 Å². The van der Waals surface area contributed by atoms with Gasteiger partial charge in [0.05, 0.1) is 22.5 Å². The molecule has 0 bridgehead atoms. The van der Waals surface area contributed by atoms with Crippen molar-refractivity contribution in [3.8, 4) is 0 Å². The van der Waals surface area contributed by atoms with Gasteiger partial charge in [0, 0.05) is 18.0 Å². The summed E-state index contributed by atoms with van der Waals surface area (Å²) in [5.41, 5.74) is 0.791. The van der Waals surface area contributed by atoms with E-state index in [4.69, 9.17) is 4.43 Å². The topological polar surface area (TPSA) is 102 Å². The maximum Gasteiger partial charge on any atom is 0.240 e. The lowest BCUT2D eigenvalue weighted by Crippen LogP contribution is -2.72. The lowest BCUT2D eigenvalue weighted by Gasteiger charge is -2.55. The van der Waals surface area contributed by atoms with Crippen molar-refractivity contribution in [2.45, 2.75) is 77.7 Å². The van der Waals surface area contributed by atoms with Crippen LogP contribution in [0.15, 0.2) is 53.4 Å². The Bertz CT molecular complexity index is 1260. The van der Waals surface area contributed by atoms with Crippen molar-refractivity contribution in [2.75, 3.05) is 0 Å². The van der Waals surface area contributed by atoms with Crippen LogP contribution in [0, 0.1) is 24.2 Å². The average Bonchev–Trinajstić information content (AvgIpc) is 2.80. The van der Waals surface area contributed by atoms with Crippen LogP contribution in [0.1, 0.15) is 56.1 Å². The third-order valence-electron chi connectivity index (χ3n) is 7.56. The lowest BCUT2D eigenvalue weighted by molar-refractivity contribution is -0.161. The Labute approximate surface area is 223 Å². The highest BCUT2D eigenvalue weighted by molar-refractivity contribution is 7.89. The van der Waals surface area contributed by atoms with Crippen molar-refractivity contribution in [2.24, 2.45) is 17.3 Å². The minimum atomic E-state index is -3.83. The number of aryl methyl sites for hydroxylation is 1. The Balaban J connectivity index is 1.87. The van der Waals surface area contributed by atoms with Crippen molar-refractivity contribution < 1.29 is 22.4 Å². The van der Waals surface area contributed by atoms with Crippen LogP contribution in [-0.4, -0.2) is 40.8 Å². The summed E-state index contributed by atoms with van der Waals surface area (Å²) in [5, 5.41) is 2.94. The van der Waals surface area contributed by atoms with E-state index in [1.165, 1.54) is 12.1 Å². The first-order chi connectivity index (χ1) is 17.1. The number of benzene rings is 2. The molecule has 1 heterocycles. The van der Waals surface area contributed by atoms with Crippen LogP contribution in [0.2, 0.25) is 13.1 Å². The predicted octanol–water partition coefficient (Wildman–Crippen LogP) is 4.21. The van der Waals surface area contributed by atoms with Gasteiger partial charge in [0.1, 0.15) is 0 Å². The largest absolute Gasteiger partial charge is 0.414 e. The number of carbonyl (C=O) groups is 2. The predicted molar refractivity (Wildman–Crippen MR) is 148 cm³/mol. The van der Waals surface area contributed by atoms with Crippen LogP contribution in [0.4, 0.5) is 0 Å². The summed E-state index contributed by atoms with van der Waals surface area (Å²) >= 11 is 0. The van der Waals surface area contributed by atoms with Crippen molar-refractivity contribution in [3.63, 3.8) is 0 Å². The molecule has 37 heavy (non-hydrogen) atoms. The fourth-order valence-corrected chi connectivity index (χ4v) is 7.44. The third-order valence-corrected chi connectivity index (χ3v) is 9.92. The van der Waals surface area contributed by atoms with Crippen molar-refractivity contribution >= 4 is 30.8 Å². The molecular formula is C28H40N2O5SSi. The molecule has 0 aliphatic carbocycles. The van der Waals surface area contributed by atoms with Gasteiger partial charge in [-0.2, -0.15) is 0 Å². The van der Waals surface area contributed by atoms with Gasteiger partial charge in [0.2, 0.25) is 15.9 Å². The molecule has 2 N–H and O–H groups in total.